The molecule has 0 fully saturated rings. The standard InChI is InChI=1S/C17H30O2Si/c1-14(2)10-11-17(6,12-13-20(7,8)9)15(18)19-16(3,4)5/h10H,11H2,1-9H3/t17-/m0/s1. The minimum absolute atomic E-state index is 0.228. The maximum absolute atomic E-state index is 12.5. The molecule has 1 atom stereocenters. The lowest BCUT2D eigenvalue weighted by Crippen LogP contribution is -2.35. The van der Waals surface area contributed by atoms with Gasteiger partial charge in [-0.2, -0.15) is 0 Å². The van der Waals surface area contributed by atoms with Gasteiger partial charge < -0.3 is 4.74 Å². The molecule has 0 unspecified atom stereocenters. The van der Waals surface area contributed by atoms with Gasteiger partial charge in [-0.15, -0.1) is 5.54 Å². The fourth-order valence-corrected chi connectivity index (χ4v) is 1.96. The summed E-state index contributed by atoms with van der Waals surface area (Å²) < 4.78 is 5.55. The molecule has 0 amide bonds. The largest absolute Gasteiger partial charge is 0.459 e. The van der Waals surface area contributed by atoms with E-state index in [4.69, 9.17) is 4.74 Å². The third-order valence-corrected chi connectivity index (χ3v) is 3.36. The Morgan fingerprint density at radius 3 is 2.00 bits per heavy atom. The summed E-state index contributed by atoms with van der Waals surface area (Å²) in [6.45, 7) is 18.1. The molecule has 0 aliphatic rings. The number of ether oxygens (including phenoxy) is 1. The van der Waals surface area contributed by atoms with Crippen LogP contribution in [0.15, 0.2) is 11.6 Å². The Morgan fingerprint density at radius 2 is 1.65 bits per heavy atom. The number of esters is 1. The monoisotopic (exact) mass is 294 g/mol. The van der Waals surface area contributed by atoms with Crippen molar-refractivity contribution in [2.45, 2.75) is 73.2 Å². The second-order valence-electron chi connectivity index (χ2n) is 7.82. The van der Waals surface area contributed by atoms with Gasteiger partial charge in [0.15, 0.2) is 0 Å². The van der Waals surface area contributed by atoms with Crippen molar-refractivity contribution in [3.05, 3.63) is 11.6 Å². The van der Waals surface area contributed by atoms with E-state index in [1.54, 1.807) is 0 Å². The van der Waals surface area contributed by atoms with Crippen LogP contribution in [0, 0.1) is 16.9 Å². The molecule has 0 aromatic carbocycles. The lowest BCUT2D eigenvalue weighted by molar-refractivity contribution is -0.163. The summed E-state index contributed by atoms with van der Waals surface area (Å²) in [4.78, 5) is 12.5. The molecule has 2 nitrogen and oxygen atoms in total. The molecule has 0 rings (SSSR count). The summed E-state index contributed by atoms with van der Waals surface area (Å²) in [5.74, 6) is 2.98. The van der Waals surface area contributed by atoms with Crippen LogP contribution in [-0.4, -0.2) is 19.6 Å². The molecule has 0 N–H and O–H groups in total. The van der Waals surface area contributed by atoms with Gasteiger partial charge >= 0.3 is 5.97 Å². The van der Waals surface area contributed by atoms with E-state index in [1.165, 1.54) is 5.57 Å². The zero-order valence-electron chi connectivity index (χ0n) is 14.6. The van der Waals surface area contributed by atoms with E-state index in [0.29, 0.717) is 6.42 Å². The summed E-state index contributed by atoms with van der Waals surface area (Å²) >= 11 is 0. The van der Waals surface area contributed by atoms with Crippen LogP contribution < -0.4 is 0 Å². The molecule has 3 heteroatoms. The summed E-state index contributed by atoms with van der Waals surface area (Å²) in [5, 5.41) is 0. The van der Waals surface area contributed by atoms with Crippen LogP contribution in [0.5, 0.6) is 0 Å². The number of hydrogen-bond donors (Lipinski definition) is 0. The first-order valence-electron chi connectivity index (χ1n) is 7.16. The fraction of sp³-hybridized carbons (Fsp3) is 0.706. The first kappa shape index (κ1) is 19.0. The van der Waals surface area contributed by atoms with Gasteiger partial charge in [-0.25, -0.2) is 0 Å². The highest BCUT2D eigenvalue weighted by Gasteiger charge is 2.35. The van der Waals surface area contributed by atoms with Crippen molar-refractivity contribution < 1.29 is 9.53 Å². The van der Waals surface area contributed by atoms with Crippen molar-refractivity contribution in [1.82, 2.24) is 0 Å². The third-order valence-electron chi connectivity index (χ3n) is 2.48. The predicted molar refractivity (Wildman–Crippen MR) is 89.1 cm³/mol. The van der Waals surface area contributed by atoms with Gasteiger partial charge in [0.25, 0.3) is 0 Å². The molecular weight excluding hydrogens is 264 g/mol. The molecule has 0 aromatic rings. The maximum Gasteiger partial charge on any atom is 0.324 e. The van der Waals surface area contributed by atoms with Crippen molar-refractivity contribution in [3.8, 4) is 11.5 Å². The van der Waals surface area contributed by atoms with Gasteiger partial charge in [0, 0.05) is 0 Å². The van der Waals surface area contributed by atoms with E-state index in [-0.39, 0.29) is 5.97 Å². The van der Waals surface area contributed by atoms with Crippen molar-refractivity contribution in [1.29, 1.82) is 0 Å². The molecule has 114 valence electrons. The molecule has 20 heavy (non-hydrogen) atoms. The Hall–Kier alpha value is -1.01. The molecule has 0 saturated heterocycles. The fourth-order valence-electron chi connectivity index (χ4n) is 1.31. The van der Waals surface area contributed by atoms with Crippen LogP contribution in [0.3, 0.4) is 0 Å². The van der Waals surface area contributed by atoms with Crippen LogP contribution in [0.4, 0.5) is 0 Å². The molecule has 0 aliphatic heterocycles. The quantitative estimate of drug-likeness (QED) is 0.330. The second kappa shape index (κ2) is 6.63. The summed E-state index contributed by atoms with van der Waals surface area (Å²) in [7, 11) is -1.52. The Balaban J connectivity index is 5.40. The minimum Gasteiger partial charge on any atom is -0.459 e. The van der Waals surface area contributed by atoms with E-state index in [1.807, 2.05) is 41.5 Å². The van der Waals surface area contributed by atoms with E-state index in [9.17, 15) is 4.79 Å². The SMILES string of the molecule is CC(C)=CC[C@@](C)(C#C[Si](C)(C)C)C(=O)OC(C)(C)C. The van der Waals surface area contributed by atoms with Crippen LogP contribution in [0.2, 0.25) is 19.6 Å². The zero-order chi connectivity index (χ0) is 16.2. The van der Waals surface area contributed by atoms with Crippen molar-refractivity contribution in [3.63, 3.8) is 0 Å². The number of hydrogen-bond acceptors (Lipinski definition) is 2. The number of allylic oxidation sites excluding steroid dienone is 2. The number of rotatable bonds is 3. The normalized spacial score (nSPS) is 14.7. The zero-order valence-corrected chi connectivity index (χ0v) is 15.6. The third kappa shape index (κ3) is 8.22. The van der Waals surface area contributed by atoms with Gasteiger partial charge in [0.05, 0.1) is 0 Å². The first-order chi connectivity index (χ1) is 8.75. The van der Waals surface area contributed by atoms with Crippen molar-refractivity contribution in [2.75, 3.05) is 0 Å². The highest BCUT2D eigenvalue weighted by molar-refractivity contribution is 6.83. The van der Waals surface area contributed by atoms with E-state index >= 15 is 0 Å². The molecular formula is C17H30O2Si. The highest BCUT2D eigenvalue weighted by Crippen LogP contribution is 2.27. The molecule has 0 saturated carbocycles. The summed E-state index contributed by atoms with van der Waals surface area (Å²) in [6, 6.07) is 0. The summed E-state index contributed by atoms with van der Waals surface area (Å²) in [5.41, 5.74) is 3.26. The molecule has 0 radical (unpaired) electrons. The van der Waals surface area contributed by atoms with Crippen LogP contribution in [-0.2, 0) is 9.53 Å². The lowest BCUT2D eigenvalue weighted by Gasteiger charge is -2.27. The van der Waals surface area contributed by atoms with Gasteiger partial charge in [0.2, 0.25) is 0 Å². The maximum atomic E-state index is 12.5. The average molecular weight is 295 g/mol. The Kier molecular flexibility index (Phi) is 6.29. The van der Waals surface area contributed by atoms with Crippen LogP contribution >= 0.6 is 0 Å². The molecule has 0 aromatic heterocycles. The molecule has 0 aliphatic carbocycles. The van der Waals surface area contributed by atoms with Crippen LogP contribution in [0.1, 0.15) is 48.0 Å². The second-order valence-corrected chi connectivity index (χ2v) is 12.6. The average Bonchev–Trinajstić information content (AvgIpc) is 2.20. The van der Waals surface area contributed by atoms with E-state index < -0.39 is 19.1 Å². The predicted octanol–water partition coefficient (Wildman–Crippen LogP) is 4.57. The first-order valence-corrected chi connectivity index (χ1v) is 10.7. The minimum atomic E-state index is -1.52. The van der Waals surface area contributed by atoms with Gasteiger partial charge in [-0.3, -0.25) is 4.79 Å². The van der Waals surface area contributed by atoms with E-state index in [2.05, 4.69) is 37.2 Å². The van der Waals surface area contributed by atoms with Crippen molar-refractivity contribution >= 4 is 14.0 Å². The van der Waals surface area contributed by atoms with Gasteiger partial charge in [-0.1, -0.05) is 37.2 Å². The highest BCUT2D eigenvalue weighted by atomic mass is 28.3. The van der Waals surface area contributed by atoms with Gasteiger partial charge in [0.1, 0.15) is 19.1 Å². The molecule has 0 spiro atoms. The molecule has 0 heterocycles. The van der Waals surface area contributed by atoms with E-state index in [0.717, 1.165) is 0 Å². The van der Waals surface area contributed by atoms with Gasteiger partial charge in [-0.05, 0) is 48.0 Å². The summed E-state index contributed by atoms with van der Waals surface area (Å²) in [6.07, 6.45) is 2.66. The number of carbonyl (C=O) groups excluding carboxylic acids is 1. The lowest BCUT2D eigenvalue weighted by atomic mass is 9.87. The smallest absolute Gasteiger partial charge is 0.324 e. The topological polar surface area (TPSA) is 26.3 Å². The van der Waals surface area contributed by atoms with Crippen molar-refractivity contribution in [2.24, 2.45) is 5.41 Å². The molecule has 0 bridgehead atoms. The number of carbonyl (C=O) groups is 1. The van der Waals surface area contributed by atoms with Crippen LogP contribution in [0.25, 0.3) is 0 Å². The Bertz CT molecular complexity index is 434. The Morgan fingerprint density at radius 1 is 1.15 bits per heavy atom. The Labute approximate surface area is 126 Å².